The standard InChI is InChI=1S/C18H17ClN4O4/c19-15-5-1-13(2-6-15)10-27-11-17(24)9-22-12-20-18(21-22)14-3-7-16(8-4-14)23(25)26/h1-8,12,17,24H,9-11H2/t17-/m1/s1. The number of nitrogens with zero attached hydrogens (tertiary/aromatic N) is 4. The van der Waals surface area contributed by atoms with Crippen molar-refractivity contribution in [2.75, 3.05) is 6.61 Å². The number of benzene rings is 2. The lowest BCUT2D eigenvalue weighted by Crippen LogP contribution is -2.22. The second kappa shape index (κ2) is 8.72. The van der Waals surface area contributed by atoms with Gasteiger partial charge in [-0.2, -0.15) is 5.10 Å². The van der Waals surface area contributed by atoms with Gasteiger partial charge in [0.25, 0.3) is 5.69 Å². The van der Waals surface area contributed by atoms with E-state index < -0.39 is 11.0 Å². The minimum Gasteiger partial charge on any atom is -0.389 e. The van der Waals surface area contributed by atoms with Crippen molar-refractivity contribution < 1.29 is 14.8 Å². The van der Waals surface area contributed by atoms with Gasteiger partial charge in [-0.05, 0) is 29.8 Å². The fourth-order valence-electron chi connectivity index (χ4n) is 2.41. The van der Waals surface area contributed by atoms with Gasteiger partial charge in [0.2, 0.25) is 0 Å². The summed E-state index contributed by atoms with van der Waals surface area (Å²) in [6.45, 7) is 0.746. The van der Waals surface area contributed by atoms with E-state index in [9.17, 15) is 15.2 Å². The molecule has 0 radical (unpaired) electrons. The molecule has 0 bridgehead atoms. The molecule has 0 unspecified atom stereocenters. The Kier molecular flexibility index (Phi) is 6.12. The monoisotopic (exact) mass is 388 g/mol. The van der Waals surface area contributed by atoms with Gasteiger partial charge in [-0.25, -0.2) is 9.67 Å². The highest BCUT2D eigenvalue weighted by Crippen LogP contribution is 2.19. The normalized spacial score (nSPS) is 12.1. The summed E-state index contributed by atoms with van der Waals surface area (Å²) in [5.74, 6) is 0.430. The van der Waals surface area contributed by atoms with Crippen molar-refractivity contribution in [3.63, 3.8) is 0 Å². The Morgan fingerprint density at radius 1 is 1.19 bits per heavy atom. The van der Waals surface area contributed by atoms with Crippen molar-refractivity contribution in [1.82, 2.24) is 14.8 Å². The van der Waals surface area contributed by atoms with E-state index in [0.717, 1.165) is 5.56 Å². The summed E-state index contributed by atoms with van der Waals surface area (Å²) in [5.41, 5.74) is 1.63. The Morgan fingerprint density at radius 2 is 1.89 bits per heavy atom. The highest BCUT2D eigenvalue weighted by atomic mass is 35.5. The molecule has 0 amide bonds. The van der Waals surface area contributed by atoms with Crippen LogP contribution in [0.1, 0.15) is 5.56 Å². The van der Waals surface area contributed by atoms with Crippen LogP contribution in [0, 0.1) is 10.1 Å². The maximum Gasteiger partial charge on any atom is 0.269 e. The molecule has 8 nitrogen and oxygen atoms in total. The minimum absolute atomic E-state index is 0.00596. The van der Waals surface area contributed by atoms with E-state index in [0.29, 0.717) is 23.0 Å². The first-order valence-electron chi connectivity index (χ1n) is 8.16. The van der Waals surface area contributed by atoms with Crippen molar-refractivity contribution in [2.24, 2.45) is 0 Å². The quantitative estimate of drug-likeness (QED) is 0.469. The van der Waals surface area contributed by atoms with Crippen LogP contribution in [0.25, 0.3) is 11.4 Å². The van der Waals surface area contributed by atoms with E-state index in [1.54, 1.807) is 24.3 Å². The first kappa shape index (κ1) is 19.0. The average Bonchev–Trinajstić information content (AvgIpc) is 3.12. The largest absolute Gasteiger partial charge is 0.389 e. The van der Waals surface area contributed by atoms with Crippen LogP contribution >= 0.6 is 11.6 Å². The van der Waals surface area contributed by atoms with Crippen LogP contribution in [-0.2, 0) is 17.9 Å². The van der Waals surface area contributed by atoms with Gasteiger partial charge >= 0.3 is 0 Å². The predicted molar refractivity (Wildman–Crippen MR) is 99.2 cm³/mol. The number of non-ortho nitro benzene ring substituents is 1. The zero-order valence-electron chi connectivity index (χ0n) is 14.2. The van der Waals surface area contributed by atoms with Crippen LogP contribution in [0.3, 0.4) is 0 Å². The zero-order chi connectivity index (χ0) is 19.2. The number of aliphatic hydroxyl groups is 1. The van der Waals surface area contributed by atoms with E-state index in [1.165, 1.54) is 23.1 Å². The summed E-state index contributed by atoms with van der Waals surface area (Å²) in [6.07, 6.45) is 0.753. The summed E-state index contributed by atoms with van der Waals surface area (Å²) in [6, 6.07) is 13.3. The molecule has 140 valence electrons. The molecule has 0 spiro atoms. The molecule has 1 aromatic heterocycles. The van der Waals surface area contributed by atoms with Crippen LogP contribution in [0.5, 0.6) is 0 Å². The van der Waals surface area contributed by atoms with Crippen LogP contribution in [0.2, 0.25) is 5.02 Å². The lowest BCUT2D eigenvalue weighted by molar-refractivity contribution is -0.384. The molecule has 0 aliphatic rings. The molecule has 0 saturated carbocycles. The van der Waals surface area contributed by atoms with Crippen molar-refractivity contribution in [3.8, 4) is 11.4 Å². The molecule has 3 aromatic rings. The Morgan fingerprint density at radius 3 is 2.56 bits per heavy atom. The number of aliphatic hydroxyl groups excluding tert-OH is 1. The Labute approximate surface area is 160 Å². The van der Waals surface area contributed by atoms with Crippen molar-refractivity contribution in [2.45, 2.75) is 19.3 Å². The molecule has 1 N–H and O–H groups in total. The van der Waals surface area contributed by atoms with Crippen LogP contribution in [0.15, 0.2) is 54.9 Å². The highest BCUT2D eigenvalue weighted by molar-refractivity contribution is 6.30. The number of nitro benzene ring substituents is 1. The maximum atomic E-state index is 10.7. The summed E-state index contributed by atoms with van der Waals surface area (Å²) in [4.78, 5) is 14.4. The number of ether oxygens (including phenoxy) is 1. The Bertz CT molecular complexity index is 896. The number of aromatic nitrogens is 3. The summed E-state index contributed by atoms with van der Waals surface area (Å²) in [5, 5.41) is 25.7. The zero-order valence-corrected chi connectivity index (χ0v) is 15.0. The SMILES string of the molecule is O=[N+]([O-])c1ccc(-c2ncn(C[C@@H](O)COCc3ccc(Cl)cc3)n2)cc1. The van der Waals surface area contributed by atoms with Gasteiger partial charge < -0.3 is 9.84 Å². The molecular weight excluding hydrogens is 372 g/mol. The van der Waals surface area contributed by atoms with Crippen LogP contribution in [-0.4, -0.2) is 37.5 Å². The van der Waals surface area contributed by atoms with Crippen molar-refractivity contribution in [1.29, 1.82) is 0 Å². The summed E-state index contributed by atoms with van der Waals surface area (Å²) < 4.78 is 7.01. The van der Waals surface area contributed by atoms with E-state index in [4.69, 9.17) is 16.3 Å². The second-order valence-corrected chi connectivity index (χ2v) is 6.33. The fourth-order valence-corrected chi connectivity index (χ4v) is 2.54. The Balaban J connectivity index is 1.50. The molecule has 27 heavy (non-hydrogen) atoms. The van der Waals surface area contributed by atoms with E-state index >= 15 is 0 Å². The number of hydrogen-bond acceptors (Lipinski definition) is 6. The molecule has 3 rings (SSSR count). The Hall–Kier alpha value is -2.81. The smallest absolute Gasteiger partial charge is 0.269 e. The summed E-state index contributed by atoms with van der Waals surface area (Å²) in [7, 11) is 0. The lowest BCUT2D eigenvalue weighted by atomic mass is 10.2. The van der Waals surface area contributed by atoms with E-state index in [2.05, 4.69) is 10.1 Å². The number of nitro groups is 1. The molecule has 9 heteroatoms. The van der Waals surface area contributed by atoms with Crippen LogP contribution in [0.4, 0.5) is 5.69 Å². The molecule has 1 atom stereocenters. The molecule has 0 fully saturated rings. The van der Waals surface area contributed by atoms with E-state index in [-0.39, 0.29) is 18.8 Å². The minimum atomic E-state index is -0.747. The number of halogens is 1. The summed E-state index contributed by atoms with van der Waals surface area (Å²) >= 11 is 5.83. The second-order valence-electron chi connectivity index (χ2n) is 5.89. The van der Waals surface area contributed by atoms with Gasteiger partial charge in [0.1, 0.15) is 6.33 Å². The fraction of sp³-hybridized carbons (Fsp3) is 0.222. The van der Waals surface area contributed by atoms with Gasteiger partial charge in [0.05, 0.1) is 30.8 Å². The first-order valence-corrected chi connectivity index (χ1v) is 8.53. The third-order valence-electron chi connectivity index (χ3n) is 3.76. The molecule has 0 aliphatic carbocycles. The number of hydrogen-bond donors (Lipinski definition) is 1. The lowest BCUT2D eigenvalue weighted by Gasteiger charge is -2.11. The predicted octanol–water partition coefficient (Wildman–Crippen LogP) is 3.08. The van der Waals surface area contributed by atoms with Crippen molar-refractivity contribution >= 4 is 17.3 Å². The molecule has 1 heterocycles. The van der Waals surface area contributed by atoms with Crippen molar-refractivity contribution in [3.05, 3.63) is 75.6 Å². The third kappa shape index (κ3) is 5.33. The molecule has 0 aliphatic heterocycles. The highest BCUT2D eigenvalue weighted by Gasteiger charge is 2.11. The van der Waals surface area contributed by atoms with E-state index in [1.807, 2.05) is 12.1 Å². The molecular formula is C18H17ClN4O4. The van der Waals surface area contributed by atoms with Gasteiger partial charge in [-0.3, -0.25) is 10.1 Å². The molecule has 0 saturated heterocycles. The van der Waals surface area contributed by atoms with Gasteiger partial charge in [0, 0.05) is 22.7 Å². The topological polar surface area (TPSA) is 103 Å². The van der Waals surface area contributed by atoms with Gasteiger partial charge in [0.15, 0.2) is 5.82 Å². The van der Waals surface area contributed by atoms with Gasteiger partial charge in [-0.15, -0.1) is 0 Å². The molecule has 2 aromatic carbocycles. The third-order valence-corrected chi connectivity index (χ3v) is 4.01. The van der Waals surface area contributed by atoms with Gasteiger partial charge in [-0.1, -0.05) is 23.7 Å². The number of rotatable bonds is 8. The maximum absolute atomic E-state index is 10.7. The average molecular weight is 389 g/mol. The van der Waals surface area contributed by atoms with Crippen LogP contribution < -0.4 is 0 Å². The first-order chi connectivity index (χ1) is 13.0.